The van der Waals surface area contributed by atoms with Crippen molar-refractivity contribution in [1.82, 2.24) is 9.88 Å². The van der Waals surface area contributed by atoms with Crippen molar-refractivity contribution >= 4 is 28.8 Å². The maximum Gasteiger partial charge on any atom is 0.265 e. The SMILES string of the molecule is CCOC1CCCN(C(=O)c2sc(-c3cccc(Cl)c3)nc2C)C1. The van der Waals surface area contributed by atoms with E-state index in [1.54, 1.807) is 0 Å². The number of piperidine rings is 1. The lowest BCUT2D eigenvalue weighted by Crippen LogP contribution is -2.43. The molecule has 2 heterocycles. The lowest BCUT2D eigenvalue weighted by molar-refractivity contribution is 0.00738. The van der Waals surface area contributed by atoms with Crippen molar-refractivity contribution in [1.29, 1.82) is 0 Å². The van der Waals surface area contributed by atoms with Crippen LogP contribution < -0.4 is 0 Å². The molecule has 2 aromatic rings. The van der Waals surface area contributed by atoms with E-state index in [1.807, 2.05) is 43.0 Å². The van der Waals surface area contributed by atoms with E-state index in [2.05, 4.69) is 4.98 Å². The summed E-state index contributed by atoms with van der Waals surface area (Å²) in [6, 6.07) is 7.57. The van der Waals surface area contributed by atoms with Crippen molar-refractivity contribution in [2.75, 3.05) is 19.7 Å². The van der Waals surface area contributed by atoms with Gasteiger partial charge in [-0.15, -0.1) is 11.3 Å². The van der Waals surface area contributed by atoms with Gasteiger partial charge in [-0.25, -0.2) is 4.98 Å². The summed E-state index contributed by atoms with van der Waals surface area (Å²) in [6.07, 6.45) is 2.15. The van der Waals surface area contributed by atoms with Gasteiger partial charge in [0.1, 0.15) is 9.88 Å². The summed E-state index contributed by atoms with van der Waals surface area (Å²) in [5.74, 6) is 0.0580. The molecular formula is C18H21ClN2O2S. The molecule has 3 rings (SSSR count). The Morgan fingerprint density at radius 2 is 2.33 bits per heavy atom. The number of hydrogen-bond acceptors (Lipinski definition) is 4. The van der Waals surface area contributed by atoms with Gasteiger partial charge in [0.2, 0.25) is 0 Å². The van der Waals surface area contributed by atoms with Gasteiger partial charge in [-0.1, -0.05) is 23.7 Å². The number of nitrogens with zero attached hydrogens (tertiary/aromatic N) is 2. The van der Waals surface area contributed by atoms with Crippen LogP contribution in [0.3, 0.4) is 0 Å². The minimum atomic E-state index is 0.0580. The van der Waals surface area contributed by atoms with E-state index in [1.165, 1.54) is 11.3 Å². The summed E-state index contributed by atoms with van der Waals surface area (Å²) >= 11 is 7.50. The van der Waals surface area contributed by atoms with Crippen LogP contribution in [0.25, 0.3) is 10.6 Å². The van der Waals surface area contributed by atoms with Crippen LogP contribution in [0, 0.1) is 6.92 Å². The first kappa shape index (κ1) is 17.4. The fraction of sp³-hybridized carbons (Fsp3) is 0.444. The zero-order valence-electron chi connectivity index (χ0n) is 13.9. The van der Waals surface area contributed by atoms with E-state index in [0.717, 1.165) is 35.7 Å². The molecule has 1 saturated heterocycles. The second-order valence-electron chi connectivity index (χ2n) is 5.91. The Labute approximate surface area is 151 Å². The third-order valence-corrected chi connectivity index (χ3v) is 5.56. The first-order chi connectivity index (χ1) is 11.6. The minimum absolute atomic E-state index is 0.0580. The van der Waals surface area contributed by atoms with Crippen molar-refractivity contribution in [2.24, 2.45) is 0 Å². The predicted molar refractivity (Wildman–Crippen MR) is 97.8 cm³/mol. The van der Waals surface area contributed by atoms with E-state index in [0.29, 0.717) is 23.1 Å². The van der Waals surface area contributed by atoms with Crippen LogP contribution >= 0.6 is 22.9 Å². The molecule has 1 unspecified atom stereocenters. The highest BCUT2D eigenvalue weighted by atomic mass is 35.5. The number of likely N-dealkylation sites (tertiary alicyclic amines) is 1. The number of rotatable bonds is 4. The fourth-order valence-corrected chi connectivity index (χ4v) is 4.20. The predicted octanol–water partition coefficient (Wildman–Crippen LogP) is 4.41. The Morgan fingerprint density at radius 1 is 1.50 bits per heavy atom. The molecule has 1 amide bonds. The number of halogens is 1. The number of amides is 1. The van der Waals surface area contributed by atoms with Crippen LogP contribution in [0.4, 0.5) is 0 Å². The monoisotopic (exact) mass is 364 g/mol. The largest absolute Gasteiger partial charge is 0.377 e. The van der Waals surface area contributed by atoms with E-state index in [4.69, 9.17) is 16.3 Å². The van der Waals surface area contributed by atoms with Gasteiger partial charge in [0.15, 0.2) is 0 Å². The number of ether oxygens (including phenoxy) is 1. The van der Waals surface area contributed by atoms with Crippen molar-refractivity contribution in [3.05, 3.63) is 39.9 Å². The number of aryl methyl sites for hydroxylation is 1. The van der Waals surface area contributed by atoms with Crippen LogP contribution in [0.2, 0.25) is 5.02 Å². The van der Waals surface area contributed by atoms with Crippen LogP contribution in [0.15, 0.2) is 24.3 Å². The molecule has 1 atom stereocenters. The average molecular weight is 365 g/mol. The van der Waals surface area contributed by atoms with Crippen molar-refractivity contribution in [3.63, 3.8) is 0 Å². The Kier molecular flexibility index (Phi) is 5.54. The summed E-state index contributed by atoms with van der Waals surface area (Å²) < 4.78 is 5.70. The highest BCUT2D eigenvalue weighted by Crippen LogP contribution is 2.30. The van der Waals surface area contributed by atoms with E-state index in [9.17, 15) is 4.79 Å². The molecule has 24 heavy (non-hydrogen) atoms. The zero-order valence-corrected chi connectivity index (χ0v) is 15.5. The molecule has 128 valence electrons. The zero-order chi connectivity index (χ0) is 17.1. The Balaban J connectivity index is 1.80. The molecule has 1 aromatic carbocycles. The minimum Gasteiger partial charge on any atom is -0.377 e. The highest BCUT2D eigenvalue weighted by Gasteiger charge is 2.27. The first-order valence-electron chi connectivity index (χ1n) is 8.22. The topological polar surface area (TPSA) is 42.4 Å². The highest BCUT2D eigenvalue weighted by molar-refractivity contribution is 7.17. The lowest BCUT2D eigenvalue weighted by Gasteiger charge is -2.32. The molecule has 1 aliphatic heterocycles. The Bertz CT molecular complexity index is 730. The number of carbonyl (C=O) groups excluding carboxylic acids is 1. The molecule has 0 N–H and O–H groups in total. The van der Waals surface area contributed by atoms with Crippen LogP contribution in [0.1, 0.15) is 35.1 Å². The Morgan fingerprint density at radius 3 is 3.08 bits per heavy atom. The molecule has 1 aliphatic rings. The lowest BCUT2D eigenvalue weighted by atomic mass is 10.1. The van der Waals surface area contributed by atoms with Crippen LogP contribution in [-0.2, 0) is 4.74 Å². The number of thiazole rings is 1. The maximum atomic E-state index is 12.9. The molecule has 1 fully saturated rings. The second-order valence-corrected chi connectivity index (χ2v) is 7.35. The summed E-state index contributed by atoms with van der Waals surface area (Å²) in [6.45, 7) is 6.01. The molecule has 4 nitrogen and oxygen atoms in total. The average Bonchev–Trinajstić information content (AvgIpc) is 2.97. The summed E-state index contributed by atoms with van der Waals surface area (Å²) in [7, 11) is 0. The van der Waals surface area contributed by atoms with Crippen molar-refractivity contribution < 1.29 is 9.53 Å². The van der Waals surface area contributed by atoms with Gasteiger partial charge in [-0.05, 0) is 38.8 Å². The van der Waals surface area contributed by atoms with E-state index >= 15 is 0 Å². The van der Waals surface area contributed by atoms with E-state index in [-0.39, 0.29) is 12.0 Å². The molecular weight excluding hydrogens is 344 g/mol. The molecule has 0 saturated carbocycles. The Hall–Kier alpha value is -1.43. The quantitative estimate of drug-likeness (QED) is 0.806. The molecule has 0 radical (unpaired) electrons. The number of carbonyl (C=O) groups is 1. The smallest absolute Gasteiger partial charge is 0.265 e. The molecule has 0 spiro atoms. The molecule has 0 bridgehead atoms. The van der Waals surface area contributed by atoms with Crippen LogP contribution in [0.5, 0.6) is 0 Å². The normalized spacial score (nSPS) is 18.0. The summed E-state index contributed by atoms with van der Waals surface area (Å²) in [5.41, 5.74) is 1.72. The standard InChI is InChI=1S/C18H21ClN2O2S/c1-3-23-15-8-5-9-21(11-15)18(22)16-12(2)20-17(24-16)13-6-4-7-14(19)10-13/h4,6-7,10,15H,3,5,8-9,11H2,1-2H3. The fourth-order valence-electron chi connectivity index (χ4n) is 2.98. The van der Waals surface area contributed by atoms with Gasteiger partial charge in [0.05, 0.1) is 11.8 Å². The number of aromatic nitrogens is 1. The van der Waals surface area contributed by atoms with Gasteiger partial charge >= 0.3 is 0 Å². The summed E-state index contributed by atoms with van der Waals surface area (Å²) in [5, 5.41) is 1.50. The van der Waals surface area contributed by atoms with Crippen molar-refractivity contribution in [2.45, 2.75) is 32.8 Å². The van der Waals surface area contributed by atoms with Gasteiger partial charge in [0, 0.05) is 30.3 Å². The van der Waals surface area contributed by atoms with Gasteiger partial charge in [-0.2, -0.15) is 0 Å². The van der Waals surface area contributed by atoms with Gasteiger partial charge < -0.3 is 9.64 Å². The van der Waals surface area contributed by atoms with Crippen molar-refractivity contribution in [3.8, 4) is 10.6 Å². The number of benzene rings is 1. The summed E-state index contributed by atoms with van der Waals surface area (Å²) in [4.78, 5) is 20.1. The van der Waals surface area contributed by atoms with E-state index < -0.39 is 0 Å². The molecule has 1 aromatic heterocycles. The molecule has 6 heteroatoms. The van der Waals surface area contributed by atoms with Gasteiger partial charge in [-0.3, -0.25) is 4.79 Å². The third-order valence-electron chi connectivity index (χ3n) is 4.13. The molecule has 0 aliphatic carbocycles. The van der Waals surface area contributed by atoms with Gasteiger partial charge in [0.25, 0.3) is 5.91 Å². The number of hydrogen-bond donors (Lipinski definition) is 0. The maximum absolute atomic E-state index is 12.9. The first-order valence-corrected chi connectivity index (χ1v) is 9.42. The third kappa shape index (κ3) is 3.79. The van der Waals surface area contributed by atoms with Crippen LogP contribution in [-0.4, -0.2) is 41.6 Å². The second kappa shape index (κ2) is 7.64.